The Kier molecular flexibility index (Phi) is 3.87. The Balaban J connectivity index is 1.85. The molecule has 0 bridgehead atoms. The third-order valence-corrected chi connectivity index (χ3v) is 4.49. The molecule has 21 heavy (non-hydrogen) atoms. The monoisotopic (exact) mass is 302 g/mol. The van der Waals surface area contributed by atoms with E-state index in [1.807, 2.05) is 24.3 Å². The molecular formula is C17H19ClN2O. The lowest BCUT2D eigenvalue weighted by Gasteiger charge is -2.15. The molecule has 1 aromatic heterocycles. The summed E-state index contributed by atoms with van der Waals surface area (Å²) in [5.74, 6) is 0.748. The Morgan fingerprint density at radius 1 is 1.29 bits per heavy atom. The average Bonchev–Trinajstić information content (AvgIpc) is 3.28. The van der Waals surface area contributed by atoms with E-state index in [-0.39, 0.29) is 5.41 Å². The van der Waals surface area contributed by atoms with Gasteiger partial charge in [-0.3, -0.25) is 0 Å². The molecule has 3 rings (SSSR count). The van der Waals surface area contributed by atoms with E-state index in [2.05, 4.69) is 18.0 Å². The van der Waals surface area contributed by atoms with Gasteiger partial charge in [0.05, 0.1) is 12.8 Å². The number of rotatable bonds is 5. The number of nitrogens with zero attached hydrogens (tertiary/aromatic N) is 1. The van der Waals surface area contributed by atoms with Gasteiger partial charge in [0.15, 0.2) is 0 Å². The molecule has 0 atom stereocenters. The van der Waals surface area contributed by atoms with Gasteiger partial charge in [-0.2, -0.15) is 0 Å². The number of nitrogens with two attached hydrogens (primary N) is 1. The van der Waals surface area contributed by atoms with E-state index in [1.54, 1.807) is 6.20 Å². The molecule has 1 aliphatic rings. The number of hydrogen-bond donors (Lipinski definition) is 1. The molecule has 1 heterocycles. The van der Waals surface area contributed by atoms with Crippen molar-refractivity contribution >= 4 is 11.6 Å². The van der Waals surface area contributed by atoms with Crippen molar-refractivity contribution in [3.8, 4) is 16.9 Å². The number of hydrogen-bond acceptors (Lipinski definition) is 3. The van der Waals surface area contributed by atoms with Gasteiger partial charge in [0.1, 0.15) is 10.9 Å². The van der Waals surface area contributed by atoms with Crippen molar-refractivity contribution in [2.24, 2.45) is 11.1 Å². The molecule has 2 aromatic rings. The zero-order valence-corrected chi connectivity index (χ0v) is 12.9. The summed E-state index contributed by atoms with van der Waals surface area (Å²) >= 11 is 6.25. The van der Waals surface area contributed by atoms with Crippen LogP contribution in [-0.4, -0.2) is 18.1 Å². The highest BCUT2D eigenvalue weighted by molar-refractivity contribution is 6.32. The van der Waals surface area contributed by atoms with Crippen LogP contribution in [0.15, 0.2) is 36.5 Å². The van der Waals surface area contributed by atoms with Crippen LogP contribution in [0.5, 0.6) is 5.75 Å². The number of ether oxygens (including phenoxy) is 1. The molecule has 2 N–H and O–H groups in total. The summed E-state index contributed by atoms with van der Waals surface area (Å²) in [4.78, 5) is 4.25. The summed E-state index contributed by atoms with van der Waals surface area (Å²) in [7, 11) is 0. The first-order valence-electron chi connectivity index (χ1n) is 7.18. The van der Waals surface area contributed by atoms with E-state index in [0.29, 0.717) is 18.3 Å². The quantitative estimate of drug-likeness (QED) is 0.854. The highest BCUT2D eigenvalue weighted by Gasteiger charge is 2.42. The molecule has 0 spiro atoms. The number of pyridine rings is 1. The molecule has 1 saturated carbocycles. The van der Waals surface area contributed by atoms with E-state index < -0.39 is 0 Å². The van der Waals surface area contributed by atoms with E-state index in [1.165, 1.54) is 5.56 Å². The van der Waals surface area contributed by atoms with Crippen molar-refractivity contribution in [3.05, 3.63) is 47.2 Å². The average molecular weight is 303 g/mol. The summed E-state index contributed by atoms with van der Waals surface area (Å²) in [6.45, 7) is 3.39. The molecule has 1 aliphatic carbocycles. The Bertz CT molecular complexity index is 653. The molecule has 0 saturated heterocycles. The van der Waals surface area contributed by atoms with Crippen molar-refractivity contribution in [3.63, 3.8) is 0 Å². The normalized spacial score (nSPS) is 15.8. The Morgan fingerprint density at radius 3 is 2.71 bits per heavy atom. The third kappa shape index (κ3) is 3.04. The predicted molar refractivity (Wildman–Crippen MR) is 85.6 cm³/mol. The Morgan fingerprint density at radius 2 is 2.05 bits per heavy atom. The predicted octanol–water partition coefficient (Wildman–Crippen LogP) is 3.83. The minimum atomic E-state index is 0.183. The fourth-order valence-corrected chi connectivity index (χ4v) is 2.60. The maximum Gasteiger partial charge on any atom is 0.138 e. The van der Waals surface area contributed by atoms with Gasteiger partial charge in [-0.15, -0.1) is 0 Å². The smallest absolute Gasteiger partial charge is 0.138 e. The first-order valence-corrected chi connectivity index (χ1v) is 7.56. The number of halogens is 1. The van der Waals surface area contributed by atoms with Gasteiger partial charge in [-0.1, -0.05) is 35.9 Å². The Hall–Kier alpha value is -1.58. The third-order valence-electron chi connectivity index (χ3n) is 4.18. The van der Waals surface area contributed by atoms with E-state index in [9.17, 15) is 0 Å². The molecule has 0 aliphatic heterocycles. The molecule has 1 aromatic carbocycles. The zero-order chi connectivity index (χ0) is 14.9. The maximum absolute atomic E-state index is 6.25. The SMILES string of the molecule is Cc1ccccc1-c1cc(OCC2(CN)CC2)cnc1Cl. The van der Waals surface area contributed by atoms with Crippen LogP contribution in [-0.2, 0) is 0 Å². The minimum absolute atomic E-state index is 0.183. The van der Waals surface area contributed by atoms with Gasteiger partial charge in [0, 0.05) is 17.5 Å². The van der Waals surface area contributed by atoms with E-state index in [4.69, 9.17) is 22.1 Å². The van der Waals surface area contributed by atoms with Crippen LogP contribution in [0.4, 0.5) is 0 Å². The number of aromatic nitrogens is 1. The van der Waals surface area contributed by atoms with Crippen molar-refractivity contribution in [1.82, 2.24) is 4.98 Å². The molecule has 110 valence electrons. The van der Waals surface area contributed by atoms with Gasteiger partial charge in [0.2, 0.25) is 0 Å². The van der Waals surface area contributed by atoms with Crippen LogP contribution in [0, 0.1) is 12.3 Å². The van der Waals surface area contributed by atoms with Crippen LogP contribution in [0.25, 0.3) is 11.1 Å². The Labute approximate surface area is 130 Å². The van der Waals surface area contributed by atoms with Crippen LogP contribution >= 0.6 is 11.6 Å². The minimum Gasteiger partial charge on any atom is -0.491 e. The second kappa shape index (κ2) is 5.66. The van der Waals surface area contributed by atoms with Gasteiger partial charge in [-0.25, -0.2) is 4.98 Å². The largest absolute Gasteiger partial charge is 0.491 e. The first-order chi connectivity index (χ1) is 10.1. The summed E-state index contributed by atoms with van der Waals surface area (Å²) in [6, 6.07) is 10.1. The molecule has 0 amide bonds. The van der Waals surface area contributed by atoms with Gasteiger partial charge in [-0.05, 0) is 37.0 Å². The van der Waals surface area contributed by atoms with Crippen molar-refractivity contribution < 1.29 is 4.74 Å². The van der Waals surface area contributed by atoms with E-state index in [0.717, 1.165) is 29.7 Å². The fraction of sp³-hybridized carbons (Fsp3) is 0.353. The van der Waals surface area contributed by atoms with E-state index >= 15 is 0 Å². The first kappa shape index (κ1) is 14.4. The summed E-state index contributed by atoms with van der Waals surface area (Å²) in [5, 5.41) is 0.497. The van der Waals surface area contributed by atoms with Crippen LogP contribution in [0.1, 0.15) is 18.4 Å². The van der Waals surface area contributed by atoms with Crippen LogP contribution in [0.2, 0.25) is 5.15 Å². The number of aryl methyl sites for hydroxylation is 1. The molecular weight excluding hydrogens is 284 g/mol. The van der Waals surface area contributed by atoms with Gasteiger partial charge in [0.25, 0.3) is 0 Å². The highest BCUT2D eigenvalue weighted by atomic mass is 35.5. The molecule has 0 unspecified atom stereocenters. The van der Waals surface area contributed by atoms with Crippen molar-refractivity contribution in [2.45, 2.75) is 19.8 Å². The van der Waals surface area contributed by atoms with Crippen LogP contribution < -0.4 is 10.5 Å². The zero-order valence-electron chi connectivity index (χ0n) is 12.1. The summed E-state index contributed by atoms with van der Waals surface area (Å²) < 4.78 is 5.88. The standard InChI is InChI=1S/C17H19ClN2O/c1-12-4-2-3-5-14(12)15-8-13(9-20-16(15)18)21-11-17(10-19)6-7-17/h2-5,8-9H,6-7,10-11,19H2,1H3. The maximum atomic E-state index is 6.25. The molecule has 0 radical (unpaired) electrons. The lowest BCUT2D eigenvalue weighted by molar-refractivity contribution is 0.238. The molecule has 3 nitrogen and oxygen atoms in total. The summed E-state index contributed by atoms with van der Waals surface area (Å²) in [6.07, 6.45) is 3.97. The topological polar surface area (TPSA) is 48.1 Å². The fourth-order valence-electron chi connectivity index (χ4n) is 2.39. The molecule has 4 heteroatoms. The second-order valence-electron chi connectivity index (χ2n) is 5.82. The van der Waals surface area contributed by atoms with Crippen molar-refractivity contribution in [1.29, 1.82) is 0 Å². The van der Waals surface area contributed by atoms with Gasteiger partial charge >= 0.3 is 0 Å². The van der Waals surface area contributed by atoms with Crippen LogP contribution in [0.3, 0.4) is 0 Å². The number of benzene rings is 1. The summed E-state index contributed by atoms with van der Waals surface area (Å²) in [5.41, 5.74) is 9.12. The highest BCUT2D eigenvalue weighted by Crippen LogP contribution is 2.44. The lowest BCUT2D eigenvalue weighted by atomic mass is 10.0. The lowest BCUT2D eigenvalue weighted by Crippen LogP contribution is -2.22. The van der Waals surface area contributed by atoms with Gasteiger partial charge < -0.3 is 10.5 Å². The molecule has 1 fully saturated rings. The second-order valence-corrected chi connectivity index (χ2v) is 6.18. The van der Waals surface area contributed by atoms with Crippen molar-refractivity contribution in [2.75, 3.05) is 13.2 Å².